The van der Waals surface area contributed by atoms with Crippen molar-refractivity contribution in [3.8, 4) is 5.75 Å². The molecule has 0 spiro atoms. The molecule has 0 radical (unpaired) electrons. The second-order valence-electron chi connectivity index (χ2n) is 5.29. The Labute approximate surface area is 104 Å². The standard InChI is InChI=1S/C16H22O/c1-13(2)16(11-7-3-4-8-12-16)14-9-5-6-10-15(14)17/h5-6,9-10,17H,1,3-4,7-8,11-12H2,2H3. The number of phenols is 1. The van der Waals surface area contributed by atoms with E-state index in [-0.39, 0.29) is 5.41 Å². The molecule has 0 aromatic heterocycles. The van der Waals surface area contributed by atoms with Crippen molar-refractivity contribution < 1.29 is 5.11 Å². The van der Waals surface area contributed by atoms with E-state index in [9.17, 15) is 5.11 Å². The van der Waals surface area contributed by atoms with Gasteiger partial charge in [-0.1, -0.05) is 56.0 Å². The monoisotopic (exact) mass is 230 g/mol. The first kappa shape index (κ1) is 12.2. The lowest BCUT2D eigenvalue weighted by Crippen LogP contribution is -2.26. The number of benzene rings is 1. The molecular weight excluding hydrogens is 208 g/mol. The maximum atomic E-state index is 10.1. The average Bonchev–Trinajstić information content (AvgIpc) is 2.56. The van der Waals surface area contributed by atoms with Crippen LogP contribution in [0.5, 0.6) is 5.75 Å². The summed E-state index contributed by atoms with van der Waals surface area (Å²) in [5.74, 6) is 0.428. The Hall–Kier alpha value is -1.24. The van der Waals surface area contributed by atoms with Crippen LogP contribution in [0.2, 0.25) is 0 Å². The van der Waals surface area contributed by atoms with Crippen LogP contribution in [0, 0.1) is 0 Å². The van der Waals surface area contributed by atoms with Crippen LogP contribution in [0.3, 0.4) is 0 Å². The van der Waals surface area contributed by atoms with Crippen molar-refractivity contribution in [2.24, 2.45) is 0 Å². The molecule has 0 unspecified atom stereocenters. The molecule has 1 heteroatoms. The molecule has 0 heterocycles. The third kappa shape index (κ3) is 2.24. The molecule has 1 aromatic carbocycles. The minimum atomic E-state index is 0.00183. The van der Waals surface area contributed by atoms with E-state index < -0.39 is 0 Å². The summed E-state index contributed by atoms with van der Waals surface area (Å²) in [6.07, 6.45) is 7.34. The van der Waals surface area contributed by atoms with Gasteiger partial charge in [0.1, 0.15) is 5.75 Å². The quantitative estimate of drug-likeness (QED) is 0.583. The van der Waals surface area contributed by atoms with Crippen molar-refractivity contribution in [2.45, 2.75) is 50.9 Å². The van der Waals surface area contributed by atoms with Crippen LogP contribution in [0.4, 0.5) is 0 Å². The summed E-state index contributed by atoms with van der Waals surface area (Å²) >= 11 is 0. The average molecular weight is 230 g/mol. The lowest BCUT2D eigenvalue weighted by molar-refractivity contribution is 0.399. The molecule has 0 aliphatic heterocycles. The van der Waals surface area contributed by atoms with E-state index in [2.05, 4.69) is 19.6 Å². The molecule has 1 aliphatic carbocycles. The second-order valence-corrected chi connectivity index (χ2v) is 5.29. The van der Waals surface area contributed by atoms with Crippen LogP contribution in [-0.4, -0.2) is 5.11 Å². The zero-order valence-electron chi connectivity index (χ0n) is 10.7. The molecule has 1 fully saturated rings. The molecule has 0 atom stereocenters. The summed E-state index contributed by atoms with van der Waals surface area (Å²) in [7, 11) is 0. The van der Waals surface area contributed by atoms with Gasteiger partial charge in [0.05, 0.1) is 0 Å². The predicted molar refractivity (Wildman–Crippen MR) is 72.3 cm³/mol. The van der Waals surface area contributed by atoms with Gasteiger partial charge in [0.25, 0.3) is 0 Å². The first-order chi connectivity index (χ1) is 8.17. The Morgan fingerprint density at radius 1 is 1.12 bits per heavy atom. The van der Waals surface area contributed by atoms with Gasteiger partial charge in [-0.2, -0.15) is 0 Å². The highest BCUT2D eigenvalue weighted by Gasteiger charge is 2.35. The molecule has 1 N–H and O–H groups in total. The van der Waals surface area contributed by atoms with Crippen LogP contribution in [0.15, 0.2) is 36.4 Å². The second kappa shape index (κ2) is 4.95. The third-order valence-electron chi connectivity index (χ3n) is 4.19. The summed E-state index contributed by atoms with van der Waals surface area (Å²) in [6, 6.07) is 7.77. The van der Waals surface area contributed by atoms with Crippen molar-refractivity contribution in [1.82, 2.24) is 0 Å². The Morgan fingerprint density at radius 3 is 2.24 bits per heavy atom. The van der Waals surface area contributed by atoms with Gasteiger partial charge in [0.2, 0.25) is 0 Å². The molecule has 0 saturated heterocycles. The molecule has 17 heavy (non-hydrogen) atoms. The van der Waals surface area contributed by atoms with Crippen molar-refractivity contribution in [2.75, 3.05) is 0 Å². The van der Waals surface area contributed by atoms with Crippen LogP contribution in [0.1, 0.15) is 51.0 Å². The van der Waals surface area contributed by atoms with Gasteiger partial charge >= 0.3 is 0 Å². The van der Waals surface area contributed by atoms with Crippen LogP contribution in [0.25, 0.3) is 0 Å². The first-order valence-corrected chi connectivity index (χ1v) is 6.61. The van der Waals surface area contributed by atoms with Crippen molar-refractivity contribution >= 4 is 0 Å². The highest BCUT2D eigenvalue weighted by atomic mass is 16.3. The molecular formula is C16H22O. The smallest absolute Gasteiger partial charge is 0.119 e. The number of hydrogen-bond acceptors (Lipinski definition) is 1. The van der Waals surface area contributed by atoms with Gasteiger partial charge in [-0.15, -0.1) is 0 Å². The van der Waals surface area contributed by atoms with Crippen molar-refractivity contribution in [3.63, 3.8) is 0 Å². The minimum Gasteiger partial charge on any atom is -0.508 e. The fourth-order valence-corrected chi connectivity index (χ4v) is 3.14. The van der Waals surface area contributed by atoms with Gasteiger partial charge in [-0.05, 0) is 25.8 Å². The molecule has 2 rings (SSSR count). The lowest BCUT2D eigenvalue weighted by Gasteiger charge is -2.34. The number of para-hydroxylation sites is 1. The van der Waals surface area contributed by atoms with E-state index in [1.165, 1.54) is 31.3 Å². The first-order valence-electron chi connectivity index (χ1n) is 6.61. The van der Waals surface area contributed by atoms with E-state index in [4.69, 9.17) is 0 Å². The maximum absolute atomic E-state index is 10.1. The van der Waals surface area contributed by atoms with Crippen molar-refractivity contribution in [1.29, 1.82) is 0 Å². The largest absolute Gasteiger partial charge is 0.508 e. The fraction of sp³-hybridized carbons (Fsp3) is 0.500. The van der Waals surface area contributed by atoms with E-state index in [1.54, 1.807) is 6.07 Å². The van der Waals surface area contributed by atoms with Crippen LogP contribution >= 0.6 is 0 Å². The fourth-order valence-electron chi connectivity index (χ4n) is 3.14. The molecule has 1 aromatic rings. The van der Waals surface area contributed by atoms with Crippen LogP contribution < -0.4 is 0 Å². The van der Waals surface area contributed by atoms with Gasteiger partial charge in [0.15, 0.2) is 0 Å². The molecule has 1 nitrogen and oxygen atoms in total. The third-order valence-corrected chi connectivity index (χ3v) is 4.19. The van der Waals surface area contributed by atoms with E-state index >= 15 is 0 Å². The van der Waals surface area contributed by atoms with Crippen molar-refractivity contribution in [3.05, 3.63) is 42.0 Å². The lowest BCUT2D eigenvalue weighted by atomic mass is 9.69. The van der Waals surface area contributed by atoms with Crippen LogP contribution in [-0.2, 0) is 5.41 Å². The Morgan fingerprint density at radius 2 is 1.71 bits per heavy atom. The highest BCUT2D eigenvalue weighted by Crippen LogP contribution is 2.46. The number of aromatic hydroxyl groups is 1. The molecule has 92 valence electrons. The van der Waals surface area contributed by atoms with Gasteiger partial charge in [0, 0.05) is 11.0 Å². The van der Waals surface area contributed by atoms with E-state index in [1.807, 2.05) is 12.1 Å². The number of hydrogen-bond donors (Lipinski definition) is 1. The minimum absolute atomic E-state index is 0.00183. The Kier molecular flexibility index (Phi) is 3.56. The Bertz CT molecular complexity index is 398. The summed E-state index contributed by atoms with van der Waals surface area (Å²) in [5.41, 5.74) is 2.28. The van der Waals surface area contributed by atoms with Gasteiger partial charge in [-0.3, -0.25) is 0 Å². The summed E-state index contributed by atoms with van der Waals surface area (Å²) in [6.45, 7) is 6.31. The zero-order valence-corrected chi connectivity index (χ0v) is 10.7. The molecule has 0 bridgehead atoms. The maximum Gasteiger partial charge on any atom is 0.119 e. The normalized spacial score (nSPS) is 19.6. The number of phenolic OH excluding ortho intramolecular Hbond substituents is 1. The van der Waals surface area contributed by atoms with E-state index in [0.29, 0.717) is 5.75 Å². The number of rotatable bonds is 2. The van der Waals surface area contributed by atoms with Gasteiger partial charge < -0.3 is 5.11 Å². The van der Waals surface area contributed by atoms with E-state index in [0.717, 1.165) is 18.4 Å². The SMILES string of the molecule is C=C(C)C1(c2ccccc2O)CCCCCC1. The summed E-state index contributed by atoms with van der Waals surface area (Å²) in [4.78, 5) is 0. The zero-order chi connectivity index (χ0) is 12.3. The predicted octanol–water partition coefficient (Wildman–Crippen LogP) is 4.56. The van der Waals surface area contributed by atoms with Gasteiger partial charge in [-0.25, -0.2) is 0 Å². The summed E-state index contributed by atoms with van der Waals surface area (Å²) < 4.78 is 0. The number of allylic oxidation sites excluding steroid dienone is 1. The highest BCUT2D eigenvalue weighted by molar-refractivity contribution is 5.44. The Balaban J connectivity index is 2.46. The molecule has 1 aliphatic rings. The molecule has 0 amide bonds. The topological polar surface area (TPSA) is 20.2 Å². The summed E-state index contributed by atoms with van der Waals surface area (Å²) in [5, 5.41) is 10.1. The molecule has 1 saturated carbocycles.